The Kier molecular flexibility index (Phi) is 27.4. The van der Waals surface area contributed by atoms with Crippen molar-refractivity contribution in [1.82, 2.24) is 14.7 Å². The predicted molar refractivity (Wildman–Crippen MR) is 257 cm³/mol. The van der Waals surface area contributed by atoms with Gasteiger partial charge in [0.25, 0.3) is 0 Å². The second kappa shape index (κ2) is 32.0. The Bertz CT molecular complexity index is 1940. The minimum atomic E-state index is -0.456. The molecule has 4 aromatic rings. The number of rotatable bonds is 29. The first kappa shape index (κ1) is 57.4. The standard InChI is InChI=1S/C30H44N2O10.C21H27NO2.ClH/c1-31(11-9-15-41-29(33)21-17-23(35-3)27(39-7)24(18-21)36-4)13-14-32(2)12-10-16-42-30(34)22-19-25(37-5)28(40-8)26(20-22)38-6;1-3-22(4-2)16-17-24-21-13-9-8-12-19(21)20(23)15-14-18-10-6-5-7-11-18;/h17-20H,9-16H2,1-8H3;5-13H,3-4,14-17H2,1-2H3;1H. The van der Waals surface area contributed by atoms with Crippen LogP contribution in [-0.2, 0) is 15.9 Å². The molecule has 0 saturated carbocycles. The zero-order chi connectivity index (χ0) is 48.3. The quantitative estimate of drug-likeness (QED) is 0.0420. The number of nitrogens with zero attached hydrogens (tertiary/aromatic N) is 3. The molecule has 0 aliphatic heterocycles. The molecule has 0 fully saturated rings. The highest BCUT2D eigenvalue weighted by molar-refractivity contribution is 5.98. The van der Waals surface area contributed by atoms with Crippen LogP contribution in [0.3, 0.4) is 0 Å². The molecule has 370 valence electrons. The largest absolute Gasteiger partial charge is 1.00 e. The maximum Gasteiger partial charge on any atom is 1.00 e. The highest BCUT2D eigenvalue weighted by Crippen LogP contribution is 2.39. The number of hydrogen-bond acceptors (Lipinski definition) is 15. The number of Topliss-reactive ketones (excluding diaryl/α,β-unsaturated/α-hetero) is 1. The number of esters is 2. The summed E-state index contributed by atoms with van der Waals surface area (Å²) >= 11 is 0. The maximum absolute atomic E-state index is 12.6. The van der Waals surface area contributed by atoms with Crippen molar-refractivity contribution in [2.24, 2.45) is 0 Å². The van der Waals surface area contributed by atoms with Crippen LogP contribution in [0.1, 0.15) is 71.2 Å². The van der Waals surface area contributed by atoms with Crippen LogP contribution in [0.25, 0.3) is 0 Å². The number of para-hydroxylation sites is 1. The zero-order valence-electron chi connectivity index (χ0n) is 42.0. The molecule has 0 aliphatic rings. The number of hydrogen-bond donors (Lipinski definition) is 0. The summed E-state index contributed by atoms with van der Waals surface area (Å²) in [6.07, 6.45) is 2.63. The van der Waals surface area contributed by atoms with Gasteiger partial charge in [-0.15, -0.1) is 0 Å². The third kappa shape index (κ3) is 19.2. The fraction of sp³-hybridized carbons (Fsp3) is 0.471. The summed E-state index contributed by atoms with van der Waals surface area (Å²) in [4.78, 5) is 44.3. The monoisotopic (exact) mass is 953 g/mol. The number of likely N-dealkylation sites (N-methyl/N-ethyl adjacent to an activating group) is 3. The number of aryl methyl sites for hydroxylation is 1. The first-order valence-electron chi connectivity index (χ1n) is 22.3. The highest BCUT2D eigenvalue weighted by Gasteiger charge is 2.20. The summed E-state index contributed by atoms with van der Waals surface area (Å²) in [6, 6.07) is 23.9. The van der Waals surface area contributed by atoms with E-state index in [-0.39, 0.29) is 32.8 Å². The SMILES string of the molecule is CCN(CC)CCOc1ccccc1C(=O)CCc1ccccc1.COc1cc(C(=O)OCCCN(C)CCN(C)CCCOC(=O)c2cc(OC)c(OC)c(OC)c2)cc(OC)c1OC.[Cl-].[H+]. The van der Waals surface area contributed by atoms with Gasteiger partial charge >= 0.3 is 13.4 Å². The van der Waals surface area contributed by atoms with Crippen LogP contribution >= 0.6 is 0 Å². The minimum Gasteiger partial charge on any atom is -1.00 e. The van der Waals surface area contributed by atoms with E-state index in [4.69, 9.17) is 42.6 Å². The molecule has 16 heteroatoms. The molecule has 0 spiro atoms. The van der Waals surface area contributed by atoms with Gasteiger partial charge < -0.3 is 69.7 Å². The van der Waals surface area contributed by atoms with Gasteiger partial charge in [0, 0.05) is 39.1 Å². The van der Waals surface area contributed by atoms with Gasteiger partial charge in [0.2, 0.25) is 11.5 Å². The van der Waals surface area contributed by atoms with E-state index in [2.05, 4.69) is 40.7 Å². The van der Waals surface area contributed by atoms with Crippen molar-refractivity contribution in [3.05, 3.63) is 101 Å². The molecule has 0 radical (unpaired) electrons. The number of ether oxygens (including phenoxy) is 9. The molecular formula is C51H72ClN3O12. The van der Waals surface area contributed by atoms with Gasteiger partial charge in [-0.3, -0.25) is 4.79 Å². The lowest BCUT2D eigenvalue weighted by Crippen LogP contribution is -3.00. The molecule has 0 unspecified atom stereocenters. The summed E-state index contributed by atoms with van der Waals surface area (Å²) in [5.41, 5.74) is 2.53. The number of ketones is 1. The molecule has 0 aliphatic carbocycles. The Balaban J connectivity index is 0.000000755. The van der Waals surface area contributed by atoms with E-state index in [0.29, 0.717) is 82.8 Å². The molecule has 0 heterocycles. The molecule has 4 aromatic carbocycles. The smallest absolute Gasteiger partial charge is 1.00 e. The van der Waals surface area contributed by atoms with Gasteiger partial charge in [0.05, 0.1) is 72.6 Å². The van der Waals surface area contributed by atoms with Crippen molar-refractivity contribution in [2.75, 3.05) is 122 Å². The molecule has 0 bridgehead atoms. The van der Waals surface area contributed by atoms with Crippen LogP contribution in [-0.4, -0.2) is 155 Å². The van der Waals surface area contributed by atoms with Crippen molar-refractivity contribution in [3.8, 4) is 40.2 Å². The zero-order valence-corrected chi connectivity index (χ0v) is 41.8. The van der Waals surface area contributed by atoms with E-state index < -0.39 is 11.9 Å². The van der Waals surface area contributed by atoms with Crippen LogP contribution in [0.5, 0.6) is 40.2 Å². The van der Waals surface area contributed by atoms with E-state index in [9.17, 15) is 14.4 Å². The van der Waals surface area contributed by atoms with E-state index >= 15 is 0 Å². The molecule has 0 saturated heterocycles. The van der Waals surface area contributed by atoms with Crippen LogP contribution in [0.4, 0.5) is 0 Å². The fourth-order valence-corrected chi connectivity index (χ4v) is 6.81. The van der Waals surface area contributed by atoms with Gasteiger partial charge in [-0.05, 0) is 88.4 Å². The summed E-state index contributed by atoms with van der Waals surface area (Å²) < 4.78 is 48.5. The van der Waals surface area contributed by atoms with Crippen molar-refractivity contribution >= 4 is 17.7 Å². The number of carbonyl (C=O) groups is 3. The maximum atomic E-state index is 12.6. The second-order valence-corrected chi connectivity index (χ2v) is 15.2. The van der Waals surface area contributed by atoms with Crippen molar-refractivity contribution < 1.29 is 70.8 Å². The number of benzene rings is 4. The number of methoxy groups -OCH3 is 6. The van der Waals surface area contributed by atoms with Crippen LogP contribution in [0.2, 0.25) is 0 Å². The molecule has 0 N–H and O–H groups in total. The van der Waals surface area contributed by atoms with Gasteiger partial charge in [-0.2, -0.15) is 0 Å². The Morgan fingerprint density at radius 3 is 1.37 bits per heavy atom. The summed E-state index contributed by atoms with van der Waals surface area (Å²) in [5.74, 6) is 2.33. The first-order chi connectivity index (χ1) is 32.0. The van der Waals surface area contributed by atoms with E-state index in [0.717, 1.165) is 52.2 Å². The number of carbonyl (C=O) groups excluding carboxylic acids is 3. The predicted octanol–water partition coefficient (Wildman–Crippen LogP) is 4.74. The Hall–Kier alpha value is -5.74. The van der Waals surface area contributed by atoms with Gasteiger partial charge in [-0.25, -0.2) is 9.59 Å². The van der Waals surface area contributed by atoms with Crippen molar-refractivity contribution in [2.45, 2.75) is 39.5 Å². The van der Waals surface area contributed by atoms with Gasteiger partial charge in [0.15, 0.2) is 28.8 Å². The van der Waals surface area contributed by atoms with Crippen molar-refractivity contribution in [3.63, 3.8) is 0 Å². The van der Waals surface area contributed by atoms with Crippen LogP contribution < -0.4 is 45.6 Å². The average molecular weight is 955 g/mol. The molecule has 0 aromatic heterocycles. The lowest BCUT2D eigenvalue weighted by molar-refractivity contribution is -0.0000578. The molecule has 4 rings (SSSR count). The van der Waals surface area contributed by atoms with Gasteiger partial charge in [0.1, 0.15) is 12.4 Å². The normalized spacial score (nSPS) is 10.6. The summed E-state index contributed by atoms with van der Waals surface area (Å²) in [6.45, 7) is 11.6. The van der Waals surface area contributed by atoms with E-state index in [1.165, 1.54) is 48.2 Å². The molecule has 0 amide bonds. The van der Waals surface area contributed by atoms with E-state index in [1.807, 2.05) is 56.6 Å². The van der Waals surface area contributed by atoms with Crippen molar-refractivity contribution in [1.29, 1.82) is 0 Å². The fourth-order valence-electron chi connectivity index (χ4n) is 6.81. The Morgan fingerprint density at radius 1 is 0.522 bits per heavy atom. The van der Waals surface area contributed by atoms with E-state index in [1.54, 1.807) is 24.3 Å². The Morgan fingerprint density at radius 2 is 0.955 bits per heavy atom. The molecule has 67 heavy (non-hydrogen) atoms. The minimum absolute atomic E-state index is 0. The second-order valence-electron chi connectivity index (χ2n) is 15.2. The lowest BCUT2D eigenvalue weighted by Gasteiger charge is -2.22. The average Bonchev–Trinajstić information content (AvgIpc) is 3.35. The Labute approximate surface area is 405 Å². The van der Waals surface area contributed by atoms with Crippen LogP contribution in [0, 0.1) is 0 Å². The molecule has 0 atom stereocenters. The first-order valence-corrected chi connectivity index (χ1v) is 22.3. The highest BCUT2D eigenvalue weighted by atomic mass is 35.5. The molecular weight excluding hydrogens is 882 g/mol. The topological polar surface area (TPSA) is 144 Å². The molecule has 15 nitrogen and oxygen atoms in total. The van der Waals surface area contributed by atoms with Crippen LogP contribution in [0.15, 0.2) is 78.9 Å². The summed E-state index contributed by atoms with van der Waals surface area (Å²) in [5, 5.41) is 0. The van der Waals surface area contributed by atoms with Gasteiger partial charge in [-0.1, -0.05) is 56.3 Å². The third-order valence-electron chi connectivity index (χ3n) is 10.7. The lowest BCUT2D eigenvalue weighted by atomic mass is 10.0. The number of halogens is 1. The summed E-state index contributed by atoms with van der Waals surface area (Å²) in [7, 11) is 13.0. The third-order valence-corrected chi connectivity index (χ3v) is 10.7.